The first-order valence-corrected chi connectivity index (χ1v) is 21.9. The fraction of sp³-hybridized carbons (Fsp3) is 0. The van der Waals surface area contributed by atoms with Crippen molar-refractivity contribution in [1.29, 1.82) is 0 Å². The summed E-state index contributed by atoms with van der Waals surface area (Å²) in [5, 5.41) is 6.84. The molecule has 0 aliphatic heterocycles. The summed E-state index contributed by atoms with van der Waals surface area (Å²) in [5.74, 6) is 1.75. The van der Waals surface area contributed by atoms with Crippen molar-refractivity contribution in [2.45, 2.75) is 0 Å². The second kappa shape index (κ2) is 14.2. The first-order valence-electron chi connectivity index (χ1n) is 21.1. The maximum atomic E-state index is 6.57. The predicted octanol–water partition coefficient (Wildman–Crippen LogP) is 15.6. The highest BCUT2D eigenvalue weighted by atomic mass is 32.1. The van der Waals surface area contributed by atoms with Crippen LogP contribution >= 0.6 is 11.3 Å². The largest absolute Gasteiger partial charge is 0.455 e. The fourth-order valence-corrected chi connectivity index (χ4v) is 10.5. The van der Waals surface area contributed by atoms with E-state index >= 15 is 0 Å². The third-order valence-electron chi connectivity index (χ3n) is 12.3. The van der Waals surface area contributed by atoms with Crippen molar-refractivity contribution in [2.75, 3.05) is 0 Å². The fourth-order valence-electron chi connectivity index (χ4n) is 9.30. The van der Waals surface area contributed by atoms with Gasteiger partial charge in [0.25, 0.3) is 0 Å². The van der Waals surface area contributed by atoms with Gasteiger partial charge < -0.3 is 8.98 Å². The summed E-state index contributed by atoms with van der Waals surface area (Å²) >= 11 is 1.79. The second-order valence-electron chi connectivity index (χ2n) is 16.0. The molecule has 4 aromatic heterocycles. The van der Waals surface area contributed by atoms with Gasteiger partial charge in [-0.05, 0) is 70.8 Å². The molecule has 0 fully saturated rings. The first kappa shape index (κ1) is 35.6. The molecule has 0 bridgehead atoms. The highest BCUT2D eigenvalue weighted by molar-refractivity contribution is 7.26. The van der Waals surface area contributed by atoms with Crippen LogP contribution in [0, 0.1) is 0 Å². The van der Waals surface area contributed by atoms with E-state index in [1.807, 2.05) is 36.4 Å². The van der Waals surface area contributed by atoms with Gasteiger partial charge in [-0.15, -0.1) is 11.3 Å². The molecule has 0 amide bonds. The molecular formula is C57H34N4OS. The standard InChI is InChI=1S/C57H34N4OS/c1-3-15-35(16-4-1)37-19-13-20-38(31-37)39-29-30-44-47-33-40(61-49-26-10-7-21-41(49)42-22-8-11-27-50(42)61)34-48(54(47)63-52(44)32-39)57-59-55(36-17-5-2-6-18-36)58-56(60-57)46-25-14-24-45-43-23-9-12-28-51(43)62-53(45)46/h1-34H. The first-order chi connectivity index (χ1) is 31.2. The molecule has 0 aliphatic carbocycles. The Kier molecular flexibility index (Phi) is 8.01. The third-order valence-corrected chi connectivity index (χ3v) is 13.5. The summed E-state index contributed by atoms with van der Waals surface area (Å²) in [6, 6.07) is 72.8. The number of nitrogens with zero attached hydrogens (tertiary/aromatic N) is 4. The van der Waals surface area contributed by atoms with Crippen molar-refractivity contribution < 1.29 is 4.42 Å². The summed E-state index contributed by atoms with van der Waals surface area (Å²) in [6.07, 6.45) is 0. The Labute approximate surface area is 365 Å². The zero-order chi connectivity index (χ0) is 41.4. The maximum Gasteiger partial charge on any atom is 0.167 e. The van der Waals surface area contributed by atoms with Gasteiger partial charge in [-0.1, -0.05) is 158 Å². The average molecular weight is 823 g/mol. The van der Waals surface area contributed by atoms with Crippen LogP contribution in [0.4, 0.5) is 0 Å². The number of para-hydroxylation sites is 4. The lowest BCUT2D eigenvalue weighted by atomic mass is 9.98. The van der Waals surface area contributed by atoms with Crippen LogP contribution in [-0.4, -0.2) is 19.5 Å². The molecule has 4 heterocycles. The minimum absolute atomic E-state index is 0.556. The van der Waals surface area contributed by atoms with Crippen LogP contribution < -0.4 is 0 Å². The molecule has 0 aliphatic rings. The number of benzene rings is 9. The molecule has 0 unspecified atom stereocenters. The lowest BCUT2D eigenvalue weighted by molar-refractivity contribution is 0.669. The molecule has 0 N–H and O–H groups in total. The summed E-state index contributed by atoms with van der Waals surface area (Å²) in [7, 11) is 0. The van der Waals surface area contributed by atoms with E-state index in [-0.39, 0.29) is 0 Å². The van der Waals surface area contributed by atoms with Gasteiger partial charge >= 0.3 is 0 Å². The smallest absolute Gasteiger partial charge is 0.167 e. The van der Waals surface area contributed by atoms with Gasteiger partial charge in [0.2, 0.25) is 0 Å². The number of aromatic nitrogens is 4. The van der Waals surface area contributed by atoms with Gasteiger partial charge in [0.05, 0.1) is 16.6 Å². The Morgan fingerprint density at radius 3 is 1.70 bits per heavy atom. The summed E-state index contributed by atoms with van der Waals surface area (Å²) in [6.45, 7) is 0. The van der Waals surface area contributed by atoms with Gasteiger partial charge in [0.15, 0.2) is 17.5 Å². The van der Waals surface area contributed by atoms with Crippen molar-refractivity contribution in [3.63, 3.8) is 0 Å². The van der Waals surface area contributed by atoms with Crippen molar-refractivity contribution >= 4 is 75.3 Å². The Bertz CT molecular complexity index is 3870. The number of fused-ring (bicyclic) bond motifs is 9. The summed E-state index contributed by atoms with van der Waals surface area (Å²) in [4.78, 5) is 15.9. The highest BCUT2D eigenvalue weighted by Crippen LogP contribution is 2.45. The van der Waals surface area contributed by atoms with Gasteiger partial charge in [0.1, 0.15) is 11.2 Å². The molecule has 63 heavy (non-hydrogen) atoms. The van der Waals surface area contributed by atoms with E-state index in [4.69, 9.17) is 19.4 Å². The SMILES string of the molecule is c1ccc(-c2cccc(-c3ccc4c(c3)sc3c(-c5nc(-c6ccccc6)nc(-c6cccc7c6oc6ccccc67)n5)cc(-n5c6ccccc6c6ccccc65)cc34)c2)cc1. The average Bonchev–Trinajstić information content (AvgIpc) is 4.04. The zero-order valence-corrected chi connectivity index (χ0v) is 34.6. The number of hydrogen-bond acceptors (Lipinski definition) is 5. The van der Waals surface area contributed by atoms with E-state index in [0.717, 1.165) is 65.4 Å². The lowest BCUT2D eigenvalue weighted by Gasteiger charge is -2.13. The molecule has 0 atom stereocenters. The van der Waals surface area contributed by atoms with Crippen molar-refractivity contribution in [3.05, 3.63) is 206 Å². The number of thiophene rings is 1. The molecule has 294 valence electrons. The Morgan fingerprint density at radius 1 is 0.365 bits per heavy atom. The molecule has 0 spiro atoms. The molecule has 5 nitrogen and oxygen atoms in total. The van der Waals surface area contributed by atoms with Crippen LogP contribution in [0.15, 0.2) is 211 Å². The van der Waals surface area contributed by atoms with Crippen LogP contribution in [0.1, 0.15) is 0 Å². The minimum atomic E-state index is 0.556. The quantitative estimate of drug-likeness (QED) is 0.168. The monoisotopic (exact) mass is 822 g/mol. The van der Waals surface area contributed by atoms with E-state index in [0.29, 0.717) is 17.5 Å². The number of furan rings is 1. The Hall–Kier alpha value is -8.19. The lowest BCUT2D eigenvalue weighted by Crippen LogP contribution is -2.01. The van der Waals surface area contributed by atoms with Gasteiger partial charge in [-0.25, -0.2) is 15.0 Å². The maximum absolute atomic E-state index is 6.57. The van der Waals surface area contributed by atoms with E-state index < -0.39 is 0 Å². The minimum Gasteiger partial charge on any atom is -0.455 e. The second-order valence-corrected chi connectivity index (χ2v) is 17.0. The number of rotatable bonds is 6. The van der Waals surface area contributed by atoms with Gasteiger partial charge in [-0.2, -0.15) is 0 Å². The van der Waals surface area contributed by atoms with Crippen LogP contribution in [0.25, 0.3) is 126 Å². The van der Waals surface area contributed by atoms with E-state index in [9.17, 15) is 0 Å². The molecule has 0 saturated carbocycles. The van der Waals surface area contributed by atoms with Gasteiger partial charge in [0, 0.05) is 58.5 Å². The molecular weight excluding hydrogens is 789 g/mol. The van der Waals surface area contributed by atoms with Crippen LogP contribution in [0.5, 0.6) is 0 Å². The van der Waals surface area contributed by atoms with E-state index in [1.54, 1.807) is 11.3 Å². The summed E-state index contributed by atoms with van der Waals surface area (Å²) < 4.78 is 11.3. The molecule has 0 radical (unpaired) electrons. The molecule has 13 rings (SSSR count). The molecule has 9 aromatic carbocycles. The van der Waals surface area contributed by atoms with Crippen molar-refractivity contribution in [3.8, 4) is 62.1 Å². The van der Waals surface area contributed by atoms with Crippen LogP contribution in [-0.2, 0) is 0 Å². The van der Waals surface area contributed by atoms with Crippen molar-refractivity contribution in [1.82, 2.24) is 19.5 Å². The van der Waals surface area contributed by atoms with Crippen LogP contribution in [0.3, 0.4) is 0 Å². The summed E-state index contributed by atoms with van der Waals surface area (Å²) in [5.41, 5.74) is 12.3. The van der Waals surface area contributed by atoms with Crippen LogP contribution in [0.2, 0.25) is 0 Å². The van der Waals surface area contributed by atoms with Gasteiger partial charge in [-0.3, -0.25) is 0 Å². The van der Waals surface area contributed by atoms with Crippen molar-refractivity contribution in [2.24, 2.45) is 0 Å². The molecule has 6 heteroatoms. The Morgan fingerprint density at radius 2 is 0.937 bits per heavy atom. The number of hydrogen-bond donors (Lipinski definition) is 0. The van der Waals surface area contributed by atoms with E-state index in [2.05, 4.69) is 174 Å². The topological polar surface area (TPSA) is 56.7 Å². The highest BCUT2D eigenvalue weighted by Gasteiger charge is 2.22. The normalized spacial score (nSPS) is 11.8. The predicted molar refractivity (Wildman–Crippen MR) is 262 cm³/mol. The zero-order valence-electron chi connectivity index (χ0n) is 33.7. The Balaban J connectivity index is 1.09. The third kappa shape index (κ3) is 5.80. The molecule has 0 saturated heterocycles. The molecule has 13 aromatic rings. The van der Waals surface area contributed by atoms with E-state index in [1.165, 1.54) is 43.1 Å².